The molecule has 0 bridgehead atoms. The zero-order valence-corrected chi connectivity index (χ0v) is 15.6. The Kier molecular flexibility index (Phi) is 5.76. The number of nitro groups is 1. The standard InChI is InChI=1S/C18H19F3N4O4/c1-29-13-8-11(7-12(9-13)25(27)28)22-16(26)10-24-15-6-4-2-3-5-14(15)17(23-24)18(19,20)21/h7-9H,2-6,10H2,1H3,(H,22,26). The number of hydrogen-bond acceptors (Lipinski definition) is 5. The third-order valence-corrected chi connectivity index (χ3v) is 4.69. The molecule has 1 aromatic carbocycles. The molecule has 1 aromatic heterocycles. The first-order valence-electron chi connectivity index (χ1n) is 8.98. The van der Waals surface area contributed by atoms with Crippen molar-refractivity contribution in [2.75, 3.05) is 12.4 Å². The second-order valence-electron chi connectivity index (χ2n) is 6.71. The largest absolute Gasteiger partial charge is 0.496 e. The van der Waals surface area contributed by atoms with Gasteiger partial charge in [0.25, 0.3) is 5.69 Å². The van der Waals surface area contributed by atoms with Crippen LogP contribution in [0, 0.1) is 10.1 Å². The zero-order chi connectivity index (χ0) is 21.2. The molecule has 156 valence electrons. The number of benzene rings is 1. The van der Waals surface area contributed by atoms with Gasteiger partial charge in [-0.1, -0.05) is 6.42 Å². The average molecular weight is 412 g/mol. The average Bonchev–Trinajstić information content (AvgIpc) is 2.83. The van der Waals surface area contributed by atoms with Crippen LogP contribution in [0.4, 0.5) is 24.5 Å². The number of hydrogen-bond donors (Lipinski definition) is 1. The lowest BCUT2D eigenvalue weighted by Crippen LogP contribution is -2.21. The number of aromatic nitrogens is 2. The van der Waals surface area contributed by atoms with Crippen molar-refractivity contribution in [3.05, 3.63) is 45.3 Å². The molecule has 0 aliphatic heterocycles. The van der Waals surface area contributed by atoms with Gasteiger partial charge in [0, 0.05) is 23.4 Å². The van der Waals surface area contributed by atoms with Gasteiger partial charge in [-0.05, 0) is 25.7 Å². The minimum Gasteiger partial charge on any atom is -0.496 e. The Labute approximate surface area is 163 Å². The van der Waals surface area contributed by atoms with Crippen molar-refractivity contribution in [3.63, 3.8) is 0 Å². The van der Waals surface area contributed by atoms with Crippen LogP contribution >= 0.6 is 0 Å². The molecular weight excluding hydrogens is 393 g/mol. The van der Waals surface area contributed by atoms with E-state index in [1.807, 2.05) is 0 Å². The minimum atomic E-state index is -4.59. The van der Waals surface area contributed by atoms with E-state index in [1.54, 1.807) is 0 Å². The number of non-ortho nitro benzene ring substituents is 1. The summed E-state index contributed by atoms with van der Waals surface area (Å²) in [4.78, 5) is 22.8. The number of alkyl halides is 3. The van der Waals surface area contributed by atoms with Gasteiger partial charge >= 0.3 is 6.18 Å². The number of carbonyl (C=O) groups excluding carboxylic acids is 1. The van der Waals surface area contributed by atoms with Crippen LogP contribution in [-0.4, -0.2) is 27.7 Å². The SMILES string of the molecule is COc1cc(NC(=O)Cn2nc(C(F)(F)F)c3c2CCCCC3)cc([N+](=O)[O-])c1. The number of nitro benzene ring substituents is 1. The van der Waals surface area contributed by atoms with E-state index in [-0.39, 0.29) is 29.1 Å². The quantitative estimate of drug-likeness (QED) is 0.458. The van der Waals surface area contributed by atoms with Gasteiger partial charge < -0.3 is 10.1 Å². The maximum Gasteiger partial charge on any atom is 0.435 e. The number of halogens is 3. The highest BCUT2D eigenvalue weighted by Gasteiger charge is 2.39. The van der Waals surface area contributed by atoms with E-state index in [1.165, 1.54) is 19.2 Å². The molecule has 3 rings (SSSR count). The Morgan fingerprint density at radius 3 is 2.66 bits per heavy atom. The van der Waals surface area contributed by atoms with Gasteiger partial charge in [0.15, 0.2) is 5.69 Å². The summed E-state index contributed by atoms with van der Waals surface area (Å²) in [6.45, 7) is -0.427. The van der Waals surface area contributed by atoms with Crippen LogP contribution in [0.5, 0.6) is 5.75 Å². The van der Waals surface area contributed by atoms with Gasteiger partial charge in [-0.2, -0.15) is 18.3 Å². The van der Waals surface area contributed by atoms with Crippen LogP contribution in [0.2, 0.25) is 0 Å². The van der Waals surface area contributed by atoms with Crippen LogP contribution in [-0.2, 0) is 30.4 Å². The minimum absolute atomic E-state index is 0.107. The van der Waals surface area contributed by atoms with Crippen molar-refractivity contribution in [2.24, 2.45) is 0 Å². The Balaban J connectivity index is 1.85. The molecule has 11 heteroatoms. The highest BCUT2D eigenvalue weighted by atomic mass is 19.4. The molecule has 2 aromatic rings. The molecule has 1 N–H and O–H groups in total. The van der Waals surface area contributed by atoms with Gasteiger partial charge in [-0.15, -0.1) is 0 Å². The first-order valence-corrected chi connectivity index (χ1v) is 8.98. The Morgan fingerprint density at radius 2 is 2.00 bits per heavy atom. The van der Waals surface area contributed by atoms with E-state index in [2.05, 4.69) is 10.4 Å². The van der Waals surface area contributed by atoms with Crippen LogP contribution in [0.3, 0.4) is 0 Å². The molecule has 1 amide bonds. The Bertz CT molecular complexity index is 940. The van der Waals surface area contributed by atoms with Crippen molar-refractivity contribution in [1.82, 2.24) is 9.78 Å². The summed E-state index contributed by atoms with van der Waals surface area (Å²) in [6.07, 6.45) is -1.74. The number of nitrogens with zero attached hydrogens (tertiary/aromatic N) is 3. The van der Waals surface area contributed by atoms with E-state index < -0.39 is 29.2 Å². The highest BCUT2D eigenvalue weighted by Crippen LogP contribution is 2.35. The molecule has 29 heavy (non-hydrogen) atoms. The lowest BCUT2D eigenvalue weighted by atomic mass is 10.1. The number of ether oxygens (including phenoxy) is 1. The van der Waals surface area contributed by atoms with Crippen molar-refractivity contribution in [1.29, 1.82) is 0 Å². The number of rotatable bonds is 5. The summed E-state index contributed by atoms with van der Waals surface area (Å²) in [6, 6.07) is 3.72. The maximum atomic E-state index is 13.4. The second-order valence-corrected chi connectivity index (χ2v) is 6.71. The van der Waals surface area contributed by atoms with E-state index in [0.717, 1.165) is 23.6 Å². The van der Waals surface area contributed by atoms with E-state index in [0.29, 0.717) is 18.5 Å². The van der Waals surface area contributed by atoms with Gasteiger partial charge in [-0.25, -0.2) is 0 Å². The third kappa shape index (κ3) is 4.66. The maximum absolute atomic E-state index is 13.4. The third-order valence-electron chi connectivity index (χ3n) is 4.69. The van der Waals surface area contributed by atoms with Crippen LogP contribution in [0.25, 0.3) is 0 Å². The number of nitrogens with one attached hydrogen (secondary N) is 1. The molecule has 0 saturated carbocycles. The number of fused-ring (bicyclic) bond motifs is 1. The monoisotopic (exact) mass is 412 g/mol. The van der Waals surface area contributed by atoms with Crippen LogP contribution < -0.4 is 10.1 Å². The topological polar surface area (TPSA) is 99.3 Å². The Morgan fingerprint density at radius 1 is 1.28 bits per heavy atom. The van der Waals surface area contributed by atoms with Crippen LogP contribution in [0.15, 0.2) is 18.2 Å². The molecule has 0 saturated heterocycles. The number of methoxy groups -OCH3 is 1. The number of anilines is 1. The Hall–Kier alpha value is -3.11. The fourth-order valence-electron chi connectivity index (χ4n) is 3.42. The summed E-state index contributed by atoms with van der Waals surface area (Å²) < 4.78 is 46.1. The predicted octanol–water partition coefficient (Wildman–Crippen LogP) is 3.73. The van der Waals surface area contributed by atoms with Gasteiger partial charge in [0.1, 0.15) is 12.3 Å². The molecule has 0 unspecified atom stereocenters. The molecule has 1 heterocycles. The molecule has 1 aliphatic rings. The van der Waals surface area contributed by atoms with Gasteiger partial charge in [0.2, 0.25) is 5.91 Å². The van der Waals surface area contributed by atoms with Gasteiger partial charge in [-0.3, -0.25) is 19.6 Å². The first-order chi connectivity index (χ1) is 13.7. The zero-order valence-electron chi connectivity index (χ0n) is 15.6. The number of amides is 1. The molecule has 0 fully saturated rings. The summed E-state index contributed by atoms with van der Waals surface area (Å²) >= 11 is 0. The fraction of sp³-hybridized carbons (Fsp3) is 0.444. The first kappa shape index (κ1) is 20.6. The van der Waals surface area contributed by atoms with Crippen molar-refractivity contribution >= 4 is 17.3 Å². The lowest BCUT2D eigenvalue weighted by Gasteiger charge is -2.10. The fourth-order valence-corrected chi connectivity index (χ4v) is 3.42. The van der Waals surface area contributed by atoms with Crippen molar-refractivity contribution < 1.29 is 27.6 Å². The van der Waals surface area contributed by atoms with Crippen molar-refractivity contribution in [3.8, 4) is 5.75 Å². The molecule has 1 aliphatic carbocycles. The predicted molar refractivity (Wildman–Crippen MR) is 96.8 cm³/mol. The van der Waals surface area contributed by atoms with E-state index in [9.17, 15) is 28.1 Å². The number of carbonyl (C=O) groups is 1. The van der Waals surface area contributed by atoms with Gasteiger partial charge in [0.05, 0.1) is 23.8 Å². The summed E-state index contributed by atoms with van der Waals surface area (Å²) in [5.41, 5.74) is -0.553. The smallest absolute Gasteiger partial charge is 0.435 e. The summed E-state index contributed by atoms with van der Waals surface area (Å²) in [5, 5.41) is 17.1. The molecule has 0 radical (unpaired) electrons. The van der Waals surface area contributed by atoms with E-state index >= 15 is 0 Å². The van der Waals surface area contributed by atoms with Crippen LogP contribution in [0.1, 0.15) is 36.2 Å². The summed E-state index contributed by atoms with van der Waals surface area (Å²) in [5.74, 6) is -0.474. The molecule has 8 nitrogen and oxygen atoms in total. The van der Waals surface area contributed by atoms with E-state index in [4.69, 9.17) is 4.74 Å². The molecular formula is C18H19F3N4O4. The molecule has 0 spiro atoms. The normalized spacial score (nSPS) is 14.1. The second kappa shape index (κ2) is 8.10. The summed E-state index contributed by atoms with van der Waals surface area (Å²) in [7, 11) is 1.32. The molecule has 0 atom stereocenters. The highest BCUT2D eigenvalue weighted by molar-refractivity contribution is 5.91. The van der Waals surface area contributed by atoms with Crippen molar-refractivity contribution in [2.45, 2.75) is 44.8 Å². The lowest BCUT2D eigenvalue weighted by molar-refractivity contribution is -0.384.